The molecule has 4 aromatic rings. The van der Waals surface area contributed by atoms with Gasteiger partial charge in [-0.15, -0.1) is 11.3 Å². The zero-order valence-electron chi connectivity index (χ0n) is 14.6. The molecule has 0 fully saturated rings. The van der Waals surface area contributed by atoms with Gasteiger partial charge in [0.15, 0.2) is 0 Å². The second-order valence-electron chi connectivity index (χ2n) is 6.33. The van der Waals surface area contributed by atoms with Gasteiger partial charge in [-0.3, -0.25) is 9.78 Å². The lowest BCUT2D eigenvalue weighted by Crippen LogP contribution is -2.29. The quantitative estimate of drug-likeness (QED) is 0.576. The fourth-order valence-corrected chi connectivity index (χ4v) is 3.93. The van der Waals surface area contributed by atoms with Gasteiger partial charge in [-0.25, -0.2) is 9.98 Å². The first kappa shape index (κ1) is 16.6. The highest BCUT2D eigenvalue weighted by molar-refractivity contribution is 7.13. The van der Waals surface area contributed by atoms with Crippen molar-refractivity contribution in [2.45, 2.75) is 6.54 Å². The maximum absolute atomic E-state index is 13.2. The molecule has 0 radical (unpaired) electrons. The zero-order valence-corrected chi connectivity index (χ0v) is 15.4. The van der Waals surface area contributed by atoms with Gasteiger partial charge in [0.2, 0.25) is 5.13 Å². The molecule has 1 N–H and O–H groups in total. The Morgan fingerprint density at radius 2 is 1.93 bits per heavy atom. The molecular formula is C21H14N4O2S. The Labute approximate surface area is 164 Å². The Balaban J connectivity index is 1.60. The number of fused-ring (bicyclic) bond motifs is 2. The number of pyridine rings is 1. The van der Waals surface area contributed by atoms with Crippen LogP contribution in [0.3, 0.4) is 0 Å². The Bertz CT molecular complexity index is 1230. The van der Waals surface area contributed by atoms with Crippen molar-refractivity contribution in [3.05, 3.63) is 77.4 Å². The second kappa shape index (κ2) is 6.54. The van der Waals surface area contributed by atoms with Crippen LogP contribution in [-0.4, -0.2) is 26.7 Å². The number of phenols is 1. The number of aliphatic imine (C=N–C) groups is 1. The van der Waals surface area contributed by atoms with Crippen molar-refractivity contribution >= 4 is 44.7 Å². The number of para-hydroxylation sites is 1. The molecule has 7 heteroatoms. The van der Waals surface area contributed by atoms with E-state index in [1.54, 1.807) is 23.4 Å². The monoisotopic (exact) mass is 386 g/mol. The third-order valence-electron chi connectivity index (χ3n) is 4.69. The van der Waals surface area contributed by atoms with Crippen molar-refractivity contribution in [1.29, 1.82) is 0 Å². The summed E-state index contributed by atoms with van der Waals surface area (Å²) in [5.41, 5.74) is 3.43. The van der Waals surface area contributed by atoms with Gasteiger partial charge in [-0.1, -0.05) is 30.3 Å². The number of carbonyl (C=O) groups excluding carboxylic acids is 1. The number of rotatable bonds is 3. The molecule has 1 aliphatic rings. The molecule has 0 atom stereocenters. The molecule has 0 aliphatic carbocycles. The lowest BCUT2D eigenvalue weighted by atomic mass is 10.1. The predicted molar refractivity (Wildman–Crippen MR) is 109 cm³/mol. The summed E-state index contributed by atoms with van der Waals surface area (Å²) in [5, 5.41) is 13.3. The lowest BCUT2D eigenvalue weighted by Gasteiger charge is -2.18. The molecule has 136 valence electrons. The van der Waals surface area contributed by atoms with Crippen LogP contribution < -0.4 is 4.90 Å². The summed E-state index contributed by atoms with van der Waals surface area (Å²) in [5.74, 6) is -0.0416. The summed E-state index contributed by atoms with van der Waals surface area (Å²) in [6.07, 6.45) is 3.31. The first-order valence-corrected chi connectivity index (χ1v) is 9.55. The molecule has 3 heterocycles. The Morgan fingerprint density at radius 3 is 2.79 bits per heavy atom. The molecule has 5 rings (SSSR count). The highest BCUT2D eigenvalue weighted by Gasteiger charge is 2.34. The molecule has 1 aliphatic heterocycles. The van der Waals surface area contributed by atoms with Crippen LogP contribution >= 0.6 is 11.3 Å². The van der Waals surface area contributed by atoms with Crippen molar-refractivity contribution < 1.29 is 9.90 Å². The van der Waals surface area contributed by atoms with Gasteiger partial charge in [-0.05, 0) is 23.8 Å². The summed E-state index contributed by atoms with van der Waals surface area (Å²) >= 11 is 1.39. The summed E-state index contributed by atoms with van der Waals surface area (Å²) in [6.45, 7) is 0.356. The maximum atomic E-state index is 13.2. The summed E-state index contributed by atoms with van der Waals surface area (Å²) in [6, 6.07) is 14.8. The number of nitrogens with zero attached hydrogens (tertiary/aromatic N) is 4. The van der Waals surface area contributed by atoms with E-state index in [0.29, 0.717) is 22.9 Å². The third kappa shape index (κ3) is 2.64. The average Bonchev–Trinajstić information content (AvgIpc) is 3.33. The van der Waals surface area contributed by atoms with E-state index < -0.39 is 0 Å². The van der Waals surface area contributed by atoms with E-state index in [1.165, 1.54) is 11.3 Å². The van der Waals surface area contributed by atoms with Gasteiger partial charge >= 0.3 is 0 Å². The Morgan fingerprint density at radius 1 is 1.04 bits per heavy atom. The number of thiazole rings is 1. The highest BCUT2D eigenvalue weighted by atomic mass is 32.1. The molecule has 0 unspecified atom stereocenters. The molecule has 0 saturated heterocycles. The highest BCUT2D eigenvalue weighted by Crippen LogP contribution is 2.34. The number of carbonyl (C=O) groups is 1. The molecule has 6 nitrogen and oxygen atoms in total. The van der Waals surface area contributed by atoms with Crippen LogP contribution in [0.5, 0.6) is 5.75 Å². The fourth-order valence-electron chi connectivity index (χ4n) is 3.42. The van der Waals surface area contributed by atoms with Crippen molar-refractivity contribution in [3.63, 3.8) is 0 Å². The first-order valence-electron chi connectivity index (χ1n) is 8.67. The van der Waals surface area contributed by atoms with E-state index in [-0.39, 0.29) is 11.7 Å². The molecule has 1 amide bonds. The molecule has 2 aromatic carbocycles. The van der Waals surface area contributed by atoms with Gasteiger partial charge in [0, 0.05) is 28.7 Å². The number of amides is 1. The van der Waals surface area contributed by atoms with E-state index in [1.807, 2.05) is 47.8 Å². The molecule has 28 heavy (non-hydrogen) atoms. The van der Waals surface area contributed by atoms with Crippen LogP contribution in [-0.2, 0) is 11.3 Å². The number of hydrogen-bond donors (Lipinski definition) is 1. The Kier molecular flexibility index (Phi) is 3.87. The van der Waals surface area contributed by atoms with E-state index in [2.05, 4.69) is 15.0 Å². The van der Waals surface area contributed by atoms with Gasteiger partial charge in [0.25, 0.3) is 5.91 Å². The minimum absolute atomic E-state index is 0.124. The van der Waals surface area contributed by atoms with Crippen LogP contribution in [0.2, 0.25) is 0 Å². The maximum Gasteiger partial charge on any atom is 0.278 e. The topological polar surface area (TPSA) is 78.7 Å². The molecular weight excluding hydrogens is 372 g/mol. The third-order valence-corrected chi connectivity index (χ3v) is 5.36. The smallest absolute Gasteiger partial charge is 0.278 e. The van der Waals surface area contributed by atoms with Crippen LogP contribution in [0.25, 0.3) is 10.9 Å². The SMILES string of the molecule is O=C1C(=Nc2nccs2)c2ccccc2N1Cc1ccc(O)c2ncccc12. The molecule has 0 bridgehead atoms. The summed E-state index contributed by atoms with van der Waals surface area (Å²) in [7, 11) is 0. The van der Waals surface area contributed by atoms with E-state index in [9.17, 15) is 9.90 Å². The average molecular weight is 386 g/mol. The number of phenolic OH excluding ortho intramolecular Hbond substituents is 1. The van der Waals surface area contributed by atoms with Crippen molar-refractivity contribution in [3.8, 4) is 5.75 Å². The molecule has 0 saturated carbocycles. The second-order valence-corrected chi connectivity index (χ2v) is 7.20. The van der Waals surface area contributed by atoms with Crippen LogP contribution in [0.1, 0.15) is 11.1 Å². The number of hydrogen-bond acceptors (Lipinski definition) is 6. The van der Waals surface area contributed by atoms with Crippen LogP contribution in [0.15, 0.2) is 71.3 Å². The Hall–Kier alpha value is -3.58. The number of aromatic hydroxyl groups is 1. The standard InChI is InChI=1S/C21H14N4O2S/c26-17-8-7-13(14-5-3-9-22-18(14)17)12-25-16-6-2-1-4-15(16)19(20(25)27)24-21-23-10-11-28-21/h1-11,26H,12H2. The van der Waals surface area contributed by atoms with Crippen molar-refractivity contribution in [1.82, 2.24) is 9.97 Å². The number of anilines is 1. The van der Waals surface area contributed by atoms with Crippen LogP contribution in [0.4, 0.5) is 10.8 Å². The zero-order chi connectivity index (χ0) is 19.1. The van der Waals surface area contributed by atoms with E-state index in [0.717, 1.165) is 22.2 Å². The van der Waals surface area contributed by atoms with Gasteiger partial charge in [0.05, 0.1) is 12.2 Å². The summed E-state index contributed by atoms with van der Waals surface area (Å²) in [4.78, 5) is 27.8. The first-order chi connectivity index (χ1) is 13.7. The van der Waals surface area contributed by atoms with E-state index in [4.69, 9.17) is 0 Å². The van der Waals surface area contributed by atoms with E-state index >= 15 is 0 Å². The summed E-state index contributed by atoms with van der Waals surface area (Å²) < 4.78 is 0. The van der Waals surface area contributed by atoms with Crippen molar-refractivity contribution in [2.75, 3.05) is 4.90 Å². The minimum Gasteiger partial charge on any atom is -0.506 e. The normalized spacial score (nSPS) is 14.8. The van der Waals surface area contributed by atoms with Gasteiger partial charge in [0.1, 0.15) is 17.0 Å². The molecule has 2 aromatic heterocycles. The lowest BCUT2D eigenvalue weighted by molar-refractivity contribution is -0.112. The molecule has 0 spiro atoms. The van der Waals surface area contributed by atoms with Gasteiger partial charge < -0.3 is 10.0 Å². The largest absolute Gasteiger partial charge is 0.506 e. The number of aromatic nitrogens is 2. The number of benzene rings is 2. The fraction of sp³-hybridized carbons (Fsp3) is 0.0476. The van der Waals surface area contributed by atoms with Crippen molar-refractivity contribution in [2.24, 2.45) is 4.99 Å². The van der Waals surface area contributed by atoms with Crippen LogP contribution in [0, 0.1) is 0 Å². The van der Waals surface area contributed by atoms with Gasteiger partial charge in [-0.2, -0.15) is 0 Å². The minimum atomic E-state index is -0.165. The predicted octanol–water partition coefficient (Wildman–Crippen LogP) is 4.06.